The first kappa shape index (κ1) is 24.3. The Morgan fingerprint density at radius 3 is 2.56 bits per heavy atom. The molecule has 174 valence electrons. The maximum Gasteiger partial charge on any atom is 0.328 e. The quantitative estimate of drug-likeness (QED) is 0.365. The molecule has 32 heavy (non-hydrogen) atoms. The molecule has 4 N–H and O–H groups in total. The van der Waals surface area contributed by atoms with E-state index in [0.29, 0.717) is 16.2 Å². The van der Waals surface area contributed by atoms with Crippen molar-refractivity contribution in [1.82, 2.24) is 5.32 Å². The summed E-state index contributed by atoms with van der Waals surface area (Å²) in [4.78, 5) is 11.5. The van der Waals surface area contributed by atoms with Gasteiger partial charge >= 0.3 is 5.97 Å². The molecule has 0 aromatic heterocycles. The van der Waals surface area contributed by atoms with Gasteiger partial charge in [-0.2, -0.15) is 10.6 Å². The van der Waals surface area contributed by atoms with Crippen molar-refractivity contribution in [3.63, 3.8) is 0 Å². The van der Waals surface area contributed by atoms with Gasteiger partial charge in [0, 0.05) is 22.7 Å². The summed E-state index contributed by atoms with van der Waals surface area (Å²) >= 11 is 0. The van der Waals surface area contributed by atoms with Crippen molar-refractivity contribution in [2.75, 3.05) is 12.9 Å². The van der Waals surface area contributed by atoms with Crippen LogP contribution in [0.15, 0.2) is 53.4 Å². The molecule has 0 amide bonds. The molecule has 1 heterocycles. The second-order valence-corrected chi connectivity index (χ2v) is 10.4. The minimum atomic E-state index is -3.15. The van der Waals surface area contributed by atoms with E-state index >= 15 is 0 Å². The van der Waals surface area contributed by atoms with Gasteiger partial charge in [0.05, 0.1) is 23.8 Å². The number of methoxy groups -OCH3 is 1. The van der Waals surface area contributed by atoms with E-state index in [1.807, 2.05) is 30.3 Å². The summed E-state index contributed by atoms with van der Waals surface area (Å²) in [7, 11) is -1.63. The van der Waals surface area contributed by atoms with E-state index in [0.717, 1.165) is 42.9 Å². The first-order valence-electron chi connectivity index (χ1n) is 11.0. The van der Waals surface area contributed by atoms with Crippen molar-refractivity contribution in [2.45, 2.75) is 56.0 Å². The summed E-state index contributed by atoms with van der Waals surface area (Å²) in [6, 6.07) is 13.2. The van der Waals surface area contributed by atoms with E-state index in [9.17, 15) is 13.9 Å². The van der Waals surface area contributed by atoms with Crippen LogP contribution in [0.4, 0.5) is 0 Å². The number of benzene rings is 2. The molecule has 6 nitrogen and oxygen atoms in total. The minimum absolute atomic E-state index is 0.210. The summed E-state index contributed by atoms with van der Waals surface area (Å²) in [5.74, 6) is -0.389. The highest BCUT2D eigenvalue weighted by Gasteiger charge is 2.42. The third kappa shape index (κ3) is 5.18. The van der Waals surface area contributed by atoms with Crippen LogP contribution in [0.3, 0.4) is 0 Å². The molecule has 2 aromatic carbocycles. The molecule has 0 saturated carbocycles. The Bertz CT molecular complexity index is 976. The molecule has 0 spiro atoms. The number of unbranched alkanes of at least 4 members (excludes halogenated alkanes) is 1. The highest BCUT2D eigenvalue weighted by molar-refractivity contribution is 8.24. The van der Waals surface area contributed by atoms with Crippen molar-refractivity contribution in [1.29, 1.82) is 0 Å². The van der Waals surface area contributed by atoms with Crippen molar-refractivity contribution in [2.24, 2.45) is 0 Å². The molecular formula is C25H33NO5S. The molecule has 3 rings (SSSR count). The molecule has 0 radical (unpaired) electrons. The van der Waals surface area contributed by atoms with Gasteiger partial charge in [-0.25, -0.2) is 4.79 Å². The Morgan fingerprint density at radius 1 is 1.25 bits per heavy atom. The number of ether oxygens (including phenoxy) is 1. The van der Waals surface area contributed by atoms with E-state index in [1.165, 1.54) is 13.2 Å². The average molecular weight is 460 g/mol. The smallest absolute Gasteiger partial charge is 0.328 e. The number of carboxylic acids is 1. The third-order valence-corrected chi connectivity index (χ3v) is 8.19. The van der Waals surface area contributed by atoms with Gasteiger partial charge in [-0.3, -0.25) is 14.4 Å². The lowest BCUT2D eigenvalue weighted by molar-refractivity contribution is -0.131. The maximum atomic E-state index is 11.4. The Balaban J connectivity index is 2.25. The van der Waals surface area contributed by atoms with Gasteiger partial charge in [0.25, 0.3) is 0 Å². The topological polar surface area (TPSA) is 99.0 Å². The van der Waals surface area contributed by atoms with Crippen molar-refractivity contribution >= 4 is 22.6 Å². The lowest BCUT2D eigenvalue weighted by atomic mass is 9.88. The average Bonchev–Trinajstić information content (AvgIpc) is 2.88. The van der Waals surface area contributed by atoms with E-state index < -0.39 is 22.1 Å². The molecule has 0 fully saturated rings. The Labute approximate surface area is 191 Å². The SMILES string of the molecule is CCCC[C@]1(CC)CS(O)(O)c2cc(/C=C/C(=O)O)c(OC)cc2[C@@H](c2ccccc2)N1. The molecule has 0 saturated heterocycles. The molecular weight excluding hydrogens is 426 g/mol. The van der Waals surface area contributed by atoms with Gasteiger partial charge in [-0.15, -0.1) is 0 Å². The van der Waals surface area contributed by atoms with Crippen LogP contribution in [0.2, 0.25) is 0 Å². The molecule has 0 aliphatic carbocycles. The van der Waals surface area contributed by atoms with Gasteiger partial charge < -0.3 is 9.84 Å². The van der Waals surface area contributed by atoms with Crippen molar-refractivity contribution < 1.29 is 23.7 Å². The van der Waals surface area contributed by atoms with Crippen LogP contribution in [-0.2, 0) is 4.79 Å². The normalized spacial score (nSPS) is 23.3. The van der Waals surface area contributed by atoms with Gasteiger partial charge in [-0.05, 0) is 36.6 Å². The minimum Gasteiger partial charge on any atom is -0.496 e. The molecule has 0 bridgehead atoms. The lowest BCUT2D eigenvalue weighted by Gasteiger charge is -2.42. The fourth-order valence-electron chi connectivity index (χ4n) is 4.41. The summed E-state index contributed by atoms with van der Waals surface area (Å²) in [6.07, 6.45) is 6.03. The van der Waals surface area contributed by atoms with E-state index in [2.05, 4.69) is 19.2 Å². The molecule has 7 heteroatoms. The number of rotatable bonds is 8. The van der Waals surface area contributed by atoms with E-state index in [4.69, 9.17) is 9.84 Å². The highest BCUT2D eigenvalue weighted by atomic mass is 32.3. The maximum absolute atomic E-state index is 11.4. The summed E-state index contributed by atoms with van der Waals surface area (Å²) in [5, 5.41) is 12.9. The zero-order valence-corrected chi connectivity index (χ0v) is 19.7. The summed E-state index contributed by atoms with van der Waals surface area (Å²) < 4.78 is 28.4. The fourth-order valence-corrected chi connectivity index (χ4v) is 6.63. The fraction of sp³-hybridized carbons (Fsp3) is 0.400. The number of nitrogens with one attached hydrogen (secondary N) is 1. The molecule has 1 aliphatic heterocycles. The van der Waals surface area contributed by atoms with Gasteiger partial charge in [0.2, 0.25) is 0 Å². The summed E-state index contributed by atoms with van der Waals surface area (Å²) in [5.41, 5.74) is 1.82. The third-order valence-electron chi connectivity index (χ3n) is 6.18. The molecule has 2 atom stereocenters. The monoisotopic (exact) mass is 459 g/mol. The first-order chi connectivity index (χ1) is 15.2. The van der Waals surface area contributed by atoms with Crippen molar-refractivity contribution in [3.05, 3.63) is 65.2 Å². The number of carboxylic acid groups (broad SMARTS) is 1. The first-order valence-corrected chi connectivity index (χ1v) is 12.7. The van der Waals surface area contributed by atoms with Crippen LogP contribution in [0.1, 0.15) is 62.3 Å². The number of fused-ring (bicyclic) bond motifs is 1. The van der Waals surface area contributed by atoms with Crippen LogP contribution < -0.4 is 10.1 Å². The predicted octanol–water partition coefficient (Wildman–Crippen LogP) is 5.93. The van der Waals surface area contributed by atoms with Gasteiger partial charge in [0.1, 0.15) is 5.75 Å². The van der Waals surface area contributed by atoms with Crippen LogP contribution in [-0.4, -0.2) is 38.6 Å². The largest absolute Gasteiger partial charge is 0.496 e. The lowest BCUT2D eigenvalue weighted by Crippen LogP contribution is -2.49. The zero-order chi connectivity index (χ0) is 23.4. The van der Waals surface area contributed by atoms with Gasteiger partial charge in [-0.1, -0.05) is 57.0 Å². The Kier molecular flexibility index (Phi) is 7.67. The second kappa shape index (κ2) is 10.1. The van der Waals surface area contributed by atoms with Crippen LogP contribution in [0.5, 0.6) is 5.75 Å². The number of hydrogen-bond donors (Lipinski definition) is 4. The van der Waals surface area contributed by atoms with Crippen molar-refractivity contribution in [3.8, 4) is 5.75 Å². The van der Waals surface area contributed by atoms with Crippen LogP contribution in [0.25, 0.3) is 6.08 Å². The number of carbonyl (C=O) groups is 1. The van der Waals surface area contributed by atoms with E-state index in [-0.39, 0.29) is 11.8 Å². The number of hydrogen-bond acceptors (Lipinski definition) is 5. The second-order valence-electron chi connectivity index (χ2n) is 8.34. The van der Waals surface area contributed by atoms with E-state index in [1.54, 1.807) is 12.1 Å². The predicted molar refractivity (Wildman–Crippen MR) is 130 cm³/mol. The molecule has 1 aliphatic rings. The molecule has 2 aromatic rings. The highest BCUT2D eigenvalue weighted by Crippen LogP contribution is 2.58. The standard InChI is InChI=1S/C25H33NO5S/c1-4-6-14-25(5-2)17-32(29,30)22-15-19(12-13-23(27)28)21(31-3)16-20(22)24(26-25)18-10-8-7-9-11-18/h7-13,15-16,24,26,29-30H,4-6,14,17H2,1-3H3,(H,27,28)/b13-12+/t24-,25-/m1/s1. The van der Waals surface area contributed by atoms with Crippen LogP contribution >= 0.6 is 10.6 Å². The zero-order valence-electron chi connectivity index (χ0n) is 18.9. The van der Waals surface area contributed by atoms with Crippen LogP contribution in [0, 0.1) is 0 Å². The summed E-state index contributed by atoms with van der Waals surface area (Å²) in [6.45, 7) is 4.21. The Hall–Kier alpha value is -2.32. The number of aliphatic carboxylic acids is 1. The molecule has 0 unspecified atom stereocenters. The van der Waals surface area contributed by atoms with Gasteiger partial charge in [0.15, 0.2) is 0 Å². The Morgan fingerprint density at radius 2 is 1.97 bits per heavy atom.